The van der Waals surface area contributed by atoms with Gasteiger partial charge < -0.3 is 16.5 Å². The molecule has 0 aliphatic heterocycles. The van der Waals surface area contributed by atoms with Gasteiger partial charge in [0.15, 0.2) is 5.16 Å². The van der Waals surface area contributed by atoms with Crippen molar-refractivity contribution in [3.8, 4) is 0 Å². The third-order valence-electron chi connectivity index (χ3n) is 2.84. The van der Waals surface area contributed by atoms with Gasteiger partial charge in [-0.25, -0.2) is 4.98 Å². The van der Waals surface area contributed by atoms with Gasteiger partial charge in [-0.1, -0.05) is 11.8 Å². The summed E-state index contributed by atoms with van der Waals surface area (Å²) in [6.07, 6.45) is -4.40. The lowest BCUT2D eigenvalue weighted by Crippen LogP contribution is -2.05. The van der Waals surface area contributed by atoms with E-state index in [-0.39, 0.29) is 11.9 Å². The maximum Gasteiger partial charge on any atom is 0.416 e. The van der Waals surface area contributed by atoms with Gasteiger partial charge in [0.2, 0.25) is 11.9 Å². The zero-order valence-corrected chi connectivity index (χ0v) is 12.2. The van der Waals surface area contributed by atoms with Gasteiger partial charge in [0, 0.05) is 0 Å². The molecule has 1 aromatic carbocycles. The zero-order chi connectivity index (χ0) is 16.6. The Morgan fingerprint density at radius 2 is 1.74 bits per heavy atom. The Morgan fingerprint density at radius 1 is 1.04 bits per heavy atom. The first-order valence-corrected chi connectivity index (χ1v) is 7.25. The Bertz CT molecular complexity index is 841. The zero-order valence-electron chi connectivity index (χ0n) is 11.4. The van der Waals surface area contributed by atoms with E-state index in [0.717, 1.165) is 12.1 Å². The second kappa shape index (κ2) is 5.57. The van der Waals surface area contributed by atoms with Gasteiger partial charge in [0.25, 0.3) is 0 Å². The van der Waals surface area contributed by atoms with E-state index in [1.54, 1.807) is 0 Å². The minimum absolute atomic E-state index is 0.00697. The predicted octanol–water partition coefficient (Wildman–Crippen LogP) is 2.22. The fourth-order valence-electron chi connectivity index (χ4n) is 1.89. The van der Waals surface area contributed by atoms with E-state index < -0.39 is 11.7 Å². The highest BCUT2D eigenvalue weighted by Crippen LogP contribution is 2.31. The molecule has 0 fully saturated rings. The molecule has 0 amide bonds. The van der Waals surface area contributed by atoms with Crippen LogP contribution in [0.5, 0.6) is 0 Å². The Kier molecular flexibility index (Phi) is 3.72. The number of alkyl halides is 3. The van der Waals surface area contributed by atoms with Gasteiger partial charge in [0.05, 0.1) is 22.3 Å². The SMILES string of the molecule is Nc1nc(N)nc(CSc2nc3ccc(C(F)(F)F)cc3[nH]2)n1. The number of H-pyrrole nitrogens is 1. The molecule has 120 valence electrons. The molecule has 0 radical (unpaired) electrons. The minimum atomic E-state index is -4.40. The highest BCUT2D eigenvalue weighted by atomic mass is 32.2. The van der Waals surface area contributed by atoms with Gasteiger partial charge in [-0.2, -0.15) is 28.1 Å². The first-order chi connectivity index (χ1) is 10.8. The Labute approximate surface area is 131 Å². The maximum atomic E-state index is 12.7. The van der Waals surface area contributed by atoms with Crippen LogP contribution >= 0.6 is 11.8 Å². The highest BCUT2D eigenvalue weighted by Gasteiger charge is 2.30. The molecule has 0 spiro atoms. The van der Waals surface area contributed by atoms with Crippen LogP contribution in [0.15, 0.2) is 23.4 Å². The van der Waals surface area contributed by atoms with Crippen molar-refractivity contribution in [1.82, 2.24) is 24.9 Å². The quantitative estimate of drug-likeness (QED) is 0.625. The fourth-order valence-corrected chi connectivity index (χ4v) is 2.63. The first kappa shape index (κ1) is 15.3. The Morgan fingerprint density at radius 3 is 2.39 bits per heavy atom. The number of hydrogen-bond acceptors (Lipinski definition) is 7. The average molecular weight is 341 g/mol. The molecule has 0 saturated heterocycles. The molecule has 0 unspecified atom stereocenters. The number of fused-ring (bicyclic) bond motifs is 1. The normalized spacial score (nSPS) is 12.0. The number of thioether (sulfide) groups is 1. The summed E-state index contributed by atoms with van der Waals surface area (Å²) in [6.45, 7) is 0. The van der Waals surface area contributed by atoms with Crippen LogP contribution in [-0.2, 0) is 11.9 Å². The van der Waals surface area contributed by atoms with Gasteiger partial charge in [-0.15, -0.1) is 0 Å². The smallest absolute Gasteiger partial charge is 0.368 e. The lowest BCUT2D eigenvalue weighted by atomic mass is 10.2. The topological polar surface area (TPSA) is 119 Å². The maximum absolute atomic E-state index is 12.7. The first-order valence-electron chi connectivity index (χ1n) is 6.27. The summed E-state index contributed by atoms with van der Waals surface area (Å²) in [4.78, 5) is 18.5. The van der Waals surface area contributed by atoms with Crippen LogP contribution in [0.1, 0.15) is 11.4 Å². The number of rotatable bonds is 3. The number of aromatic amines is 1. The molecule has 2 aromatic heterocycles. The van der Waals surface area contributed by atoms with Crippen molar-refractivity contribution in [2.45, 2.75) is 17.1 Å². The number of aromatic nitrogens is 5. The molecular weight excluding hydrogens is 331 g/mol. The van der Waals surface area contributed by atoms with E-state index in [0.29, 0.717) is 27.8 Å². The number of hydrogen-bond donors (Lipinski definition) is 3. The predicted molar refractivity (Wildman–Crippen MR) is 79.3 cm³/mol. The van der Waals surface area contributed by atoms with Crippen LogP contribution in [0.3, 0.4) is 0 Å². The van der Waals surface area contributed by atoms with E-state index in [4.69, 9.17) is 11.5 Å². The second-order valence-corrected chi connectivity index (χ2v) is 5.49. The van der Waals surface area contributed by atoms with Crippen LogP contribution in [0.2, 0.25) is 0 Å². The number of benzene rings is 1. The van der Waals surface area contributed by atoms with Gasteiger partial charge >= 0.3 is 6.18 Å². The molecule has 0 aliphatic rings. The molecule has 5 N–H and O–H groups in total. The van der Waals surface area contributed by atoms with Crippen molar-refractivity contribution in [3.63, 3.8) is 0 Å². The molecule has 0 bridgehead atoms. The molecule has 0 aliphatic carbocycles. The summed E-state index contributed by atoms with van der Waals surface area (Å²) in [5, 5.41) is 0.442. The van der Waals surface area contributed by atoms with E-state index in [9.17, 15) is 13.2 Å². The lowest BCUT2D eigenvalue weighted by molar-refractivity contribution is -0.137. The average Bonchev–Trinajstić information content (AvgIpc) is 2.85. The summed E-state index contributed by atoms with van der Waals surface area (Å²) >= 11 is 1.22. The number of nitrogens with two attached hydrogens (primary N) is 2. The van der Waals surface area contributed by atoms with Crippen molar-refractivity contribution in [3.05, 3.63) is 29.6 Å². The number of nitrogen functional groups attached to an aromatic ring is 2. The molecule has 23 heavy (non-hydrogen) atoms. The third-order valence-corrected chi connectivity index (χ3v) is 3.71. The van der Waals surface area contributed by atoms with Crippen molar-refractivity contribution in [2.24, 2.45) is 0 Å². The molecule has 11 heteroatoms. The number of halogens is 3. The van der Waals surface area contributed by atoms with Crippen molar-refractivity contribution < 1.29 is 13.2 Å². The van der Waals surface area contributed by atoms with Gasteiger partial charge in [0.1, 0.15) is 5.82 Å². The largest absolute Gasteiger partial charge is 0.416 e. The molecule has 3 aromatic rings. The summed E-state index contributed by atoms with van der Waals surface area (Å²) in [5.74, 6) is 0.666. The van der Waals surface area contributed by atoms with Crippen molar-refractivity contribution in [1.29, 1.82) is 0 Å². The van der Waals surface area contributed by atoms with Gasteiger partial charge in [-0.3, -0.25) is 0 Å². The molecule has 7 nitrogen and oxygen atoms in total. The number of anilines is 2. The summed E-state index contributed by atoms with van der Waals surface area (Å²) in [6, 6.07) is 3.33. The van der Waals surface area contributed by atoms with Crippen LogP contribution in [-0.4, -0.2) is 24.9 Å². The van der Waals surface area contributed by atoms with Gasteiger partial charge in [-0.05, 0) is 18.2 Å². The monoisotopic (exact) mass is 341 g/mol. The number of imidazole rings is 1. The molecule has 3 rings (SSSR count). The summed E-state index contributed by atoms with van der Waals surface area (Å²) in [5.41, 5.74) is 10.9. The number of nitrogens with zero attached hydrogens (tertiary/aromatic N) is 4. The standard InChI is InChI=1S/C12H10F3N7S/c13-12(14,15)5-1-2-6-7(3-5)19-11(18-6)23-4-8-20-9(16)22-10(17)21-8/h1-3H,4H2,(H,18,19)(H4,16,17,20,21,22). The van der Waals surface area contributed by atoms with E-state index in [1.165, 1.54) is 17.8 Å². The second-order valence-electron chi connectivity index (χ2n) is 4.53. The molecule has 0 saturated carbocycles. The Balaban J connectivity index is 1.81. The van der Waals surface area contributed by atoms with E-state index in [1.807, 2.05) is 0 Å². The highest BCUT2D eigenvalue weighted by molar-refractivity contribution is 7.98. The van der Waals surface area contributed by atoms with Crippen molar-refractivity contribution >= 4 is 34.7 Å². The van der Waals surface area contributed by atoms with Crippen LogP contribution in [0, 0.1) is 0 Å². The number of nitrogens with one attached hydrogen (secondary N) is 1. The molecule has 2 heterocycles. The van der Waals surface area contributed by atoms with Crippen LogP contribution < -0.4 is 11.5 Å². The summed E-state index contributed by atoms with van der Waals surface area (Å²) < 4.78 is 38.0. The molecule has 0 atom stereocenters. The fraction of sp³-hybridized carbons (Fsp3) is 0.167. The lowest BCUT2D eigenvalue weighted by Gasteiger charge is -2.05. The van der Waals surface area contributed by atoms with Crippen LogP contribution in [0.4, 0.5) is 25.1 Å². The third kappa shape index (κ3) is 3.44. The van der Waals surface area contributed by atoms with Crippen molar-refractivity contribution in [2.75, 3.05) is 11.5 Å². The Hall–Kier alpha value is -2.56. The molecular formula is C12H10F3N7S. The summed E-state index contributed by atoms with van der Waals surface area (Å²) in [7, 11) is 0. The van der Waals surface area contributed by atoms with E-state index >= 15 is 0 Å². The minimum Gasteiger partial charge on any atom is -0.368 e. The van der Waals surface area contributed by atoms with E-state index in [2.05, 4.69) is 24.9 Å². The van der Waals surface area contributed by atoms with Crippen LogP contribution in [0.25, 0.3) is 11.0 Å².